The van der Waals surface area contributed by atoms with Crippen LogP contribution < -0.4 is 4.72 Å². The van der Waals surface area contributed by atoms with Gasteiger partial charge >= 0.3 is 5.97 Å². The molecule has 0 atom stereocenters. The maximum atomic E-state index is 11.7. The average Bonchev–Trinajstić information content (AvgIpc) is 2.25. The Morgan fingerprint density at radius 1 is 1.42 bits per heavy atom. The van der Waals surface area contributed by atoms with Gasteiger partial charge in [-0.25, -0.2) is 13.4 Å². The second-order valence-electron chi connectivity index (χ2n) is 3.32. The fourth-order valence-corrected chi connectivity index (χ4v) is 2.47. The molecule has 0 fully saturated rings. The van der Waals surface area contributed by atoms with Crippen molar-refractivity contribution in [3.8, 4) is 0 Å². The van der Waals surface area contributed by atoms with E-state index in [0.717, 1.165) is 0 Å². The number of carbonyl (C=O) groups excluding carboxylic acids is 1. The monoisotopic (exact) mass is 327 g/mol. The molecule has 1 aromatic rings. The highest BCUT2D eigenvalue weighted by atomic mass is 35.5. The molecule has 0 aliphatic carbocycles. The molecule has 0 amide bonds. The highest BCUT2D eigenvalue weighted by Crippen LogP contribution is 2.15. The summed E-state index contributed by atoms with van der Waals surface area (Å²) in [6.07, 6.45) is -0.254. The van der Waals surface area contributed by atoms with E-state index in [1.165, 1.54) is 6.07 Å². The van der Waals surface area contributed by atoms with Gasteiger partial charge in [-0.2, -0.15) is 4.98 Å². The molecule has 0 bridgehead atoms. The zero-order chi connectivity index (χ0) is 14.5. The van der Waals surface area contributed by atoms with Gasteiger partial charge in [0.2, 0.25) is 15.3 Å². The van der Waals surface area contributed by atoms with Gasteiger partial charge in [-0.15, -0.1) is 0 Å². The van der Waals surface area contributed by atoms with Crippen molar-refractivity contribution in [2.75, 3.05) is 17.1 Å². The second-order valence-corrected chi connectivity index (χ2v) is 5.89. The van der Waals surface area contributed by atoms with Crippen LogP contribution in [0.15, 0.2) is 6.07 Å². The number of nitrogens with one attached hydrogen (secondary N) is 1. The number of halogens is 2. The molecule has 1 rings (SSSR count). The van der Waals surface area contributed by atoms with Crippen molar-refractivity contribution in [2.24, 2.45) is 0 Å². The summed E-state index contributed by atoms with van der Waals surface area (Å²) in [6, 6.07) is 1.20. The Morgan fingerprint density at radius 2 is 2.11 bits per heavy atom. The number of ether oxygens (including phenoxy) is 1. The van der Waals surface area contributed by atoms with Crippen molar-refractivity contribution < 1.29 is 17.9 Å². The van der Waals surface area contributed by atoms with E-state index in [0.29, 0.717) is 0 Å². The molecule has 19 heavy (non-hydrogen) atoms. The lowest BCUT2D eigenvalue weighted by molar-refractivity contribution is -0.142. The van der Waals surface area contributed by atoms with Crippen molar-refractivity contribution >= 4 is 45.0 Å². The summed E-state index contributed by atoms with van der Waals surface area (Å²) in [6.45, 7) is 1.83. The molecule has 1 aromatic heterocycles. The van der Waals surface area contributed by atoms with Crippen LogP contribution in [0.25, 0.3) is 0 Å². The fraction of sp³-hybridized carbons (Fsp3) is 0.444. The second kappa shape index (κ2) is 6.88. The van der Waals surface area contributed by atoms with E-state index in [9.17, 15) is 13.2 Å². The molecular formula is C9H11Cl2N3O4S. The zero-order valence-electron chi connectivity index (χ0n) is 9.89. The molecule has 1 heterocycles. The third-order valence-electron chi connectivity index (χ3n) is 1.81. The average molecular weight is 328 g/mol. The third kappa shape index (κ3) is 6.04. The molecule has 0 spiro atoms. The molecule has 1 N–H and O–H groups in total. The summed E-state index contributed by atoms with van der Waals surface area (Å²) in [7, 11) is -3.74. The lowest BCUT2D eigenvalue weighted by Gasteiger charge is -2.07. The predicted octanol–water partition coefficient (Wildman–Crippen LogP) is 1.48. The summed E-state index contributed by atoms with van der Waals surface area (Å²) >= 11 is 11.1. The lowest BCUT2D eigenvalue weighted by Crippen LogP contribution is -2.20. The maximum absolute atomic E-state index is 11.7. The zero-order valence-corrected chi connectivity index (χ0v) is 12.2. The molecule has 10 heteroatoms. The van der Waals surface area contributed by atoms with Crippen molar-refractivity contribution in [1.29, 1.82) is 0 Å². The fourth-order valence-electron chi connectivity index (χ4n) is 1.10. The molecule has 0 aliphatic rings. The number of hydrogen-bond acceptors (Lipinski definition) is 6. The number of sulfonamides is 1. The Morgan fingerprint density at radius 3 is 2.68 bits per heavy atom. The number of aromatic nitrogens is 2. The van der Waals surface area contributed by atoms with Crippen LogP contribution in [0.4, 0.5) is 5.82 Å². The molecule has 7 nitrogen and oxygen atoms in total. The number of carbonyl (C=O) groups is 1. The first-order valence-corrected chi connectivity index (χ1v) is 7.59. The number of rotatable bonds is 6. The van der Waals surface area contributed by atoms with E-state index in [1.807, 2.05) is 0 Å². The summed E-state index contributed by atoms with van der Waals surface area (Å²) in [5, 5.41) is -0.182. The normalized spacial score (nSPS) is 11.1. The van der Waals surface area contributed by atoms with Gasteiger partial charge in [0.25, 0.3) is 0 Å². The van der Waals surface area contributed by atoms with Crippen molar-refractivity contribution in [1.82, 2.24) is 9.97 Å². The molecule has 0 radical (unpaired) electrons. The molecule has 106 valence electrons. The molecule has 0 saturated heterocycles. The number of hydrogen-bond donors (Lipinski definition) is 1. The SMILES string of the molecule is CCOC(=O)CCS(=O)(=O)Nc1cc(Cl)nc(Cl)n1. The minimum absolute atomic E-state index is 0.00286. The van der Waals surface area contributed by atoms with Gasteiger partial charge in [-0.3, -0.25) is 9.52 Å². The third-order valence-corrected chi connectivity index (χ3v) is 3.43. The largest absolute Gasteiger partial charge is 0.466 e. The van der Waals surface area contributed by atoms with Crippen LogP contribution in [0, 0.1) is 0 Å². The summed E-state index contributed by atoms with van der Waals surface area (Å²) in [5.74, 6) is -1.08. The summed E-state index contributed by atoms with van der Waals surface area (Å²) < 4.78 is 30.1. The summed E-state index contributed by atoms with van der Waals surface area (Å²) in [5.41, 5.74) is 0. The highest BCUT2D eigenvalue weighted by Gasteiger charge is 2.15. The van der Waals surface area contributed by atoms with Gasteiger partial charge in [0, 0.05) is 6.07 Å². The molecule has 0 unspecified atom stereocenters. The number of anilines is 1. The maximum Gasteiger partial charge on any atom is 0.306 e. The Kier molecular flexibility index (Phi) is 5.77. The minimum atomic E-state index is -3.74. The van der Waals surface area contributed by atoms with Gasteiger partial charge in [0.15, 0.2) is 0 Å². The van der Waals surface area contributed by atoms with Crippen molar-refractivity contribution in [3.05, 3.63) is 16.5 Å². The van der Waals surface area contributed by atoms with Crippen molar-refractivity contribution in [2.45, 2.75) is 13.3 Å². The van der Waals surface area contributed by atoms with Gasteiger partial charge in [0.05, 0.1) is 18.8 Å². The standard InChI is InChI=1S/C9H11Cl2N3O4S/c1-2-18-8(15)3-4-19(16,17)14-7-5-6(10)12-9(11)13-7/h5H,2-4H2,1H3,(H,12,13,14). The van der Waals surface area contributed by atoms with Crippen LogP contribution >= 0.6 is 23.2 Å². The first kappa shape index (κ1) is 15.9. The van der Waals surface area contributed by atoms with Crippen LogP contribution in [0.1, 0.15) is 13.3 Å². The minimum Gasteiger partial charge on any atom is -0.466 e. The van der Waals surface area contributed by atoms with E-state index in [-0.39, 0.29) is 29.3 Å². The first-order chi connectivity index (χ1) is 8.82. The van der Waals surface area contributed by atoms with Gasteiger partial charge in [-0.1, -0.05) is 11.6 Å². The molecule has 0 aromatic carbocycles. The van der Waals surface area contributed by atoms with Gasteiger partial charge < -0.3 is 4.74 Å². The Balaban J connectivity index is 2.66. The van der Waals surface area contributed by atoms with Crippen LogP contribution in [0.2, 0.25) is 10.4 Å². The van der Waals surface area contributed by atoms with Crippen molar-refractivity contribution in [3.63, 3.8) is 0 Å². The van der Waals surface area contributed by atoms with Gasteiger partial charge in [-0.05, 0) is 18.5 Å². The molecule has 0 aliphatic heterocycles. The first-order valence-electron chi connectivity index (χ1n) is 5.18. The van der Waals surface area contributed by atoms with Gasteiger partial charge in [0.1, 0.15) is 11.0 Å². The molecule has 0 saturated carbocycles. The topological polar surface area (TPSA) is 98.2 Å². The van der Waals surface area contributed by atoms with E-state index >= 15 is 0 Å². The van der Waals surface area contributed by atoms with Crippen LogP contribution in [0.5, 0.6) is 0 Å². The van der Waals surface area contributed by atoms with E-state index < -0.39 is 21.7 Å². The number of esters is 1. The van der Waals surface area contributed by atoms with E-state index in [2.05, 4.69) is 19.4 Å². The smallest absolute Gasteiger partial charge is 0.306 e. The predicted molar refractivity (Wildman–Crippen MR) is 70.7 cm³/mol. The Hall–Kier alpha value is -1.12. The number of nitrogens with zero attached hydrogens (tertiary/aromatic N) is 2. The highest BCUT2D eigenvalue weighted by molar-refractivity contribution is 7.92. The Labute approximate surface area is 120 Å². The van der Waals surface area contributed by atoms with Crippen LogP contribution in [-0.4, -0.2) is 36.7 Å². The Bertz CT molecular complexity index is 544. The van der Waals surface area contributed by atoms with E-state index in [4.69, 9.17) is 23.2 Å². The lowest BCUT2D eigenvalue weighted by atomic mass is 10.5. The summed E-state index contributed by atoms with van der Waals surface area (Å²) in [4.78, 5) is 18.3. The van der Waals surface area contributed by atoms with Crippen LogP contribution in [-0.2, 0) is 19.6 Å². The molecular weight excluding hydrogens is 317 g/mol. The van der Waals surface area contributed by atoms with Crippen LogP contribution in [0.3, 0.4) is 0 Å². The van der Waals surface area contributed by atoms with E-state index in [1.54, 1.807) is 6.92 Å². The quantitative estimate of drug-likeness (QED) is 0.482.